The van der Waals surface area contributed by atoms with Gasteiger partial charge in [-0.25, -0.2) is 9.97 Å². The molecule has 1 heterocycles. The van der Waals surface area contributed by atoms with Crippen LogP contribution in [-0.2, 0) is 5.41 Å². The van der Waals surface area contributed by atoms with E-state index < -0.39 is 0 Å². The van der Waals surface area contributed by atoms with Gasteiger partial charge in [-0.1, -0.05) is 45.0 Å². The number of nitrogens with one attached hydrogen (secondary N) is 2. The lowest BCUT2D eigenvalue weighted by molar-refractivity contribution is 0.102. The smallest absolute Gasteiger partial charge is 0.275 e. The van der Waals surface area contributed by atoms with Crippen molar-refractivity contribution in [3.63, 3.8) is 0 Å². The van der Waals surface area contributed by atoms with Crippen LogP contribution >= 0.6 is 0 Å². The van der Waals surface area contributed by atoms with Crippen molar-refractivity contribution >= 4 is 23.1 Å². The zero-order valence-corrected chi connectivity index (χ0v) is 17.4. The molecule has 0 bridgehead atoms. The normalized spacial score (nSPS) is 11.1. The number of rotatable bonds is 5. The van der Waals surface area contributed by atoms with Crippen molar-refractivity contribution in [2.75, 3.05) is 17.7 Å². The third kappa shape index (κ3) is 4.90. The standard InChI is InChI=1S/C23H26N4O2/c1-15-10-11-20(29-5)18(12-15)26-21-14-24-19(13-25-21)22(28)27-17-9-7-6-8-16(17)23(2,3)4/h6-14H,1-5H3,(H,25,26)(H,27,28). The molecular weight excluding hydrogens is 364 g/mol. The highest BCUT2D eigenvalue weighted by Crippen LogP contribution is 2.30. The van der Waals surface area contributed by atoms with Gasteiger partial charge in [0, 0.05) is 5.69 Å². The summed E-state index contributed by atoms with van der Waals surface area (Å²) in [6, 6.07) is 13.6. The molecule has 6 nitrogen and oxygen atoms in total. The van der Waals surface area contributed by atoms with Gasteiger partial charge in [0.25, 0.3) is 5.91 Å². The van der Waals surface area contributed by atoms with Crippen molar-refractivity contribution in [2.45, 2.75) is 33.1 Å². The number of hydrogen-bond donors (Lipinski definition) is 2. The molecule has 0 aliphatic heterocycles. The number of methoxy groups -OCH3 is 1. The van der Waals surface area contributed by atoms with Gasteiger partial charge in [-0.15, -0.1) is 0 Å². The first-order valence-electron chi connectivity index (χ1n) is 9.42. The molecule has 0 saturated heterocycles. The monoisotopic (exact) mass is 390 g/mol. The minimum Gasteiger partial charge on any atom is -0.495 e. The molecule has 2 aromatic carbocycles. The van der Waals surface area contributed by atoms with Crippen molar-refractivity contribution in [1.82, 2.24) is 9.97 Å². The fraction of sp³-hybridized carbons (Fsp3) is 0.261. The van der Waals surface area contributed by atoms with Crippen LogP contribution in [0.4, 0.5) is 17.2 Å². The largest absolute Gasteiger partial charge is 0.495 e. The summed E-state index contributed by atoms with van der Waals surface area (Å²) >= 11 is 0. The van der Waals surface area contributed by atoms with Crippen LogP contribution in [0.5, 0.6) is 5.75 Å². The second-order valence-electron chi connectivity index (χ2n) is 7.87. The summed E-state index contributed by atoms with van der Waals surface area (Å²) in [5.41, 5.74) is 3.88. The Kier molecular flexibility index (Phi) is 5.82. The van der Waals surface area contributed by atoms with E-state index in [-0.39, 0.29) is 17.0 Å². The Balaban J connectivity index is 1.76. The first-order chi connectivity index (χ1) is 13.8. The Bertz CT molecular complexity index is 1010. The maximum atomic E-state index is 12.7. The van der Waals surface area contributed by atoms with Crippen LogP contribution in [0.2, 0.25) is 0 Å². The van der Waals surface area contributed by atoms with E-state index in [2.05, 4.69) is 41.4 Å². The molecular formula is C23H26N4O2. The van der Waals surface area contributed by atoms with Crippen LogP contribution in [0.25, 0.3) is 0 Å². The van der Waals surface area contributed by atoms with Crippen molar-refractivity contribution in [2.24, 2.45) is 0 Å². The number of benzene rings is 2. The number of nitrogens with zero attached hydrogens (tertiary/aromatic N) is 2. The predicted molar refractivity (Wildman–Crippen MR) is 116 cm³/mol. The van der Waals surface area contributed by atoms with Crippen molar-refractivity contribution in [3.8, 4) is 5.75 Å². The van der Waals surface area contributed by atoms with Crippen LogP contribution in [0.15, 0.2) is 54.9 Å². The van der Waals surface area contributed by atoms with Gasteiger partial charge < -0.3 is 15.4 Å². The van der Waals surface area contributed by atoms with Crippen LogP contribution in [0, 0.1) is 6.92 Å². The lowest BCUT2D eigenvalue weighted by Gasteiger charge is -2.22. The van der Waals surface area contributed by atoms with E-state index in [1.807, 2.05) is 49.4 Å². The Morgan fingerprint density at radius 1 is 1.00 bits per heavy atom. The number of para-hydroxylation sites is 1. The third-order valence-corrected chi connectivity index (χ3v) is 4.49. The van der Waals surface area contributed by atoms with Gasteiger partial charge in [-0.2, -0.15) is 0 Å². The molecule has 29 heavy (non-hydrogen) atoms. The Hall–Kier alpha value is -3.41. The SMILES string of the molecule is COc1ccc(C)cc1Nc1cnc(C(=O)Nc2ccccc2C(C)(C)C)cn1. The highest BCUT2D eigenvalue weighted by atomic mass is 16.5. The molecule has 0 radical (unpaired) electrons. The van der Waals surface area contributed by atoms with E-state index in [1.54, 1.807) is 7.11 Å². The lowest BCUT2D eigenvalue weighted by Crippen LogP contribution is -2.19. The number of hydrogen-bond acceptors (Lipinski definition) is 5. The molecule has 0 spiro atoms. The molecule has 150 valence electrons. The van der Waals surface area contributed by atoms with E-state index in [0.717, 1.165) is 22.5 Å². The molecule has 1 aromatic heterocycles. The van der Waals surface area contributed by atoms with Gasteiger partial charge in [0.1, 0.15) is 17.3 Å². The van der Waals surface area contributed by atoms with Crippen LogP contribution in [0.3, 0.4) is 0 Å². The van der Waals surface area contributed by atoms with Crippen LogP contribution < -0.4 is 15.4 Å². The fourth-order valence-electron chi connectivity index (χ4n) is 3.00. The molecule has 2 N–H and O–H groups in total. The highest BCUT2D eigenvalue weighted by molar-refractivity contribution is 6.03. The predicted octanol–water partition coefficient (Wildman–Crippen LogP) is 5.09. The van der Waals surface area contributed by atoms with Gasteiger partial charge in [-0.3, -0.25) is 4.79 Å². The summed E-state index contributed by atoms with van der Waals surface area (Å²) in [7, 11) is 1.62. The summed E-state index contributed by atoms with van der Waals surface area (Å²) in [5, 5.41) is 6.13. The molecule has 3 aromatic rings. The van der Waals surface area contributed by atoms with Gasteiger partial charge in [0.2, 0.25) is 0 Å². The second kappa shape index (κ2) is 8.31. The van der Waals surface area contributed by atoms with Crippen molar-refractivity contribution in [1.29, 1.82) is 0 Å². The summed E-state index contributed by atoms with van der Waals surface area (Å²) in [5.74, 6) is 0.937. The van der Waals surface area contributed by atoms with Gasteiger partial charge in [0.15, 0.2) is 0 Å². The summed E-state index contributed by atoms with van der Waals surface area (Å²) in [4.78, 5) is 21.2. The number of aromatic nitrogens is 2. The zero-order valence-electron chi connectivity index (χ0n) is 17.4. The molecule has 0 unspecified atom stereocenters. The second-order valence-corrected chi connectivity index (χ2v) is 7.87. The number of carbonyl (C=O) groups is 1. The molecule has 0 aliphatic rings. The van der Waals surface area contributed by atoms with Crippen molar-refractivity contribution < 1.29 is 9.53 Å². The van der Waals surface area contributed by atoms with E-state index >= 15 is 0 Å². The minimum absolute atomic E-state index is 0.0871. The fourth-order valence-corrected chi connectivity index (χ4v) is 3.00. The Morgan fingerprint density at radius 2 is 1.76 bits per heavy atom. The zero-order chi connectivity index (χ0) is 21.0. The summed E-state index contributed by atoms with van der Waals surface area (Å²) < 4.78 is 5.36. The van der Waals surface area contributed by atoms with Crippen LogP contribution in [-0.4, -0.2) is 23.0 Å². The molecule has 1 amide bonds. The van der Waals surface area contributed by atoms with Crippen LogP contribution in [0.1, 0.15) is 42.4 Å². The van der Waals surface area contributed by atoms with Gasteiger partial charge >= 0.3 is 0 Å². The molecule has 0 fully saturated rings. The Morgan fingerprint density at radius 3 is 2.41 bits per heavy atom. The third-order valence-electron chi connectivity index (χ3n) is 4.49. The Labute approximate surface area is 171 Å². The molecule has 3 rings (SSSR count). The molecule has 0 aliphatic carbocycles. The van der Waals surface area contributed by atoms with E-state index in [9.17, 15) is 4.79 Å². The van der Waals surface area contributed by atoms with Gasteiger partial charge in [-0.05, 0) is 41.7 Å². The van der Waals surface area contributed by atoms with E-state index in [1.165, 1.54) is 12.4 Å². The molecule has 0 saturated carbocycles. The quantitative estimate of drug-likeness (QED) is 0.635. The molecule has 0 atom stereocenters. The van der Waals surface area contributed by atoms with E-state index in [0.29, 0.717) is 11.6 Å². The summed E-state index contributed by atoms with van der Waals surface area (Å²) in [6.07, 6.45) is 2.99. The first-order valence-corrected chi connectivity index (χ1v) is 9.42. The number of carbonyl (C=O) groups excluding carboxylic acids is 1. The first kappa shape index (κ1) is 20.3. The van der Waals surface area contributed by atoms with E-state index in [4.69, 9.17) is 4.74 Å². The number of aryl methyl sites for hydroxylation is 1. The maximum absolute atomic E-state index is 12.7. The maximum Gasteiger partial charge on any atom is 0.275 e. The average molecular weight is 390 g/mol. The highest BCUT2D eigenvalue weighted by Gasteiger charge is 2.19. The molecule has 6 heteroatoms. The minimum atomic E-state index is -0.297. The summed E-state index contributed by atoms with van der Waals surface area (Å²) in [6.45, 7) is 8.33. The number of amides is 1. The average Bonchev–Trinajstić information content (AvgIpc) is 2.68. The lowest BCUT2D eigenvalue weighted by atomic mass is 9.86. The number of ether oxygens (including phenoxy) is 1. The number of anilines is 3. The van der Waals surface area contributed by atoms with Crippen molar-refractivity contribution in [3.05, 3.63) is 71.7 Å². The topological polar surface area (TPSA) is 76.1 Å². The van der Waals surface area contributed by atoms with Gasteiger partial charge in [0.05, 0.1) is 25.2 Å².